The van der Waals surface area contributed by atoms with Gasteiger partial charge in [-0.05, 0) is 67.4 Å². The third-order valence-corrected chi connectivity index (χ3v) is 12.6. The Hall–Kier alpha value is -6.46. The van der Waals surface area contributed by atoms with Crippen LogP contribution in [0.2, 0.25) is 0 Å². The third kappa shape index (κ3) is 18.9. The van der Waals surface area contributed by atoms with Crippen molar-refractivity contribution >= 4 is 76.7 Å². The minimum atomic E-state index is -2.48. The van der Waals surface area contributed by atoms with Crippen LogP contribution in [0.3, 0.4) is 0 Å². The van der Waals surface area contributed by atoms with Gasteiger partial charge in [0.1, 0.15) is 48.0 Å². The maximum absolute atomic E-state index is 14.5. The third-order valence-electron chi connectivity index (χ3n) is 11.4. The van der Waals surface area contributed by atoms with Crippen molar-refractivity contribution in [3.8, 4) is 5.75 Å². The summed E-state index contributed by atoms with van der Waals surface area (Å²) in [4.78, 5) is 148. The van der Waals surface area contributed by atoms with Crippen LogP contribution >= 0.6 is 11.8 Å². The van der Waals surface area contributed by atoms with Gasteiger partial charge in [-0.3, -0.25) is 52.7 Å². The largest absolute Gasteiger partial charge is 0.497 e. The van der Waals surface area contributed by atoms with E-state index in [0.29, 0.717) is 17.7 Å². The van der Waals surface area contributed by atoms with Crippen molar-refractivity contribution in [2.24, 2.45) is 29.0 Å². The van der Waals surface area contributed by atoms with Crippen LogP contribution < -0.4 is 59.2 Å². The molecule has 2 aliphatic heterocycles. The number of nitrogens with one attached hydrogen (secondary N) is 7. The fourth-order valence-electron chi connectivity index (χ4n) is 7.53. The highest BCUT2D eigenvalue weighted by Gasteiger charge is 2.40. The Labute approximate surface area is 407 Å². The van der Waals surface area contributed by atoms with Crippen LogP contribution in [0.15, 0.2) is 24.3 Å². The first kappa shape index (κ1) is 55.1. The fourth-order valence-corrected chi connectivity index (χ4v) is 8.51. The number of amides is 11. The Kier molecular flexibility index (Phi) is 22.5. The second-order valence-corrected chi connectivity index (χ2v) is 18.6. The lowest BCUT2D eigenvalue weighted by molar-refractivity contribution is -0.142. The van der Waals surface area contributed by atoms with Gasteiger partial charge in [0.15, 0.2) is 0 Å². The van der Waals surface area contributed by atoms with Gasteiger partial charge in [-0.25, -0.2) is 0 Å². The minimum absolute atomic E-state index is 0.0684. The van der Waals surface area contributed by atoms with Crippen LogP contribution in [0.1, 0.15) is 92.4 Å². The molecule has 0 bridgehead atoms. The molecule has 1 aromatic carbocycles. The molecule has 0 spiro atoms. The van der Waals surface area contributed by atoms with Gasteiger partial charge >= 0.3 is 0 Å². The van der Waals surface area contributed by atoms with E-state index in [1.807, 2.05) is 13.8 Å². The summed E-state index contributed by atoms with van der Waals surface area (Å²) < 4.78 is 14.6. The number of primary amides is 3. The molecule has 2 fully saturated rings. The lowest BCUT2D eigenvalue weighted by Gasteiger charge is -2.31. The molecule has 24 heteroatoms. The lowest BCUT2D eigenvalue weighted by Crippen LogP contribution is -2.61. The fraction of sp³-hybridized carbons (Fsp3) is 0.622. The highest BCUT2D eigenvalue weighted by Crippen LogP contribution is 2.22. The minimum Gasteiger partial charge on any atom is -0.497 e. The number of methoxy groups -OCH3 is 1. The molecule has 69 heavy (non-hydrogen) atoms. The summed E-state index contributed by atoms with van der Waals surface area (Å²) in [5.41, 5.74) is 16.7. The number of hydrogen-bond donors (Lipinski definition) is 10. The molecule has 0 aromatic heterocycles. The Morgan fingerprint density at radius 2 is 1.49 bits per heavy atom. The molecule has 2 saturated heterocycles. The summed E-state index contributed by atoms with van der Waals surface area (Å²) in [6.07, 6.45) is -0.820. The number of carbonyl (C=O) groups excluding carboxylic acids is 11. The SMILES string of the molecule is [2H][C@]1(C(C)CC)NC(=O)[C@H](Cc2ccc(OC)cc2)NC(=O)CCCSC[C@@H](C(=O)N2CCC[C@H]2C(=O)NC(CC(C)C)C(=O)NCC(N)=O)NC(=O)[C@H](CC(N)=O)NC(=O)[C@H](CCC(N)=O)NC1=O. The zero-order valence-electron chi connectivity index (χ0n) is 40.8. The Balaban J connectivity index is 2.05. The summed E-state index contributed by atoms with van der Waals surface area (Å²) in [6, 6.07) is -4.18. The topological polar surface area (TPSA) is 363 Å². The Morgan fingerprint density at radius 3 is 2.10 bits per heavy atom. The predicted octanol–water partition coefficient (Wildman–Crippen LogP) is -2.50. The number of nitrogens with two attached hydrogens (primary N) is 3. The zero-order chi connectivity index (χ0) is 52.3. The summed E-state index contributed by atoms with van der Waals surface area (Å²) >= 11 is 1.16. The van der Waals surface area contributed by atoms with Crippen molar-refractivity contribution < 1.29 is 58.8 Å². The molecule has 8 atom stereocenters. The molecule has 23 nitrogen and oxygen atoms in total. The van der Waals surface area contributed by atoms with E-state index in [2.05, 4.69) is 37.2 Å². The second-order valence-electron chi connectivity index (χ2n) is 17.5. The molecule has 2 heterocycles. The number of likely N-dealkylation sites (tertiary alicyclic amines) is 1. The van der Waals surface area contributed by atoms with Crippen LogP contribution in [0.4, 0.5) is 0 Å². The number of thioether (sulfide) groups is 1. The monoisotopic (exact) mass is 988 g/mol. The summed E-state index contributed by atoms with van der Waals surface area (Å²) in [5, 5.41) is 17.6. The van der Waals surface area contributed by atoms with Crippen molar-refractivity contribution in [1.82, 2.24) is 42.1 Å². The number of ether oxygens (including phenoxy) is 1. The molecule has 1 aromatic rings. The quantitative estimate of drug-likeness (QED) is 0.0728. The van der Waals surface area contributed by atoms with E-state index >= 15 is 0 Å². The van der Waals surface area contributed by atoms with Crippen molar-refractivity contribution in [3.63, 3.8) is 0 Å². The van der Waals surface area contributed by atoms with Gasteiger partial charge in [0, 0.05) is 31.6 Å². The molecule has 3 rings (SSSR count). The molecule has 0 saturated carbocycles. The normalized spacial score (nSPS) is 24.4. The Bertz CT molecular complexity index is 2080. The van der Waals surface area contributed by atoms with E-state index in [4.69, 9.17) is 21.9 Å². The summed E-state index contributed by atoms with van der Waals surface area (Å²) in [5.74, 6) is -9.96. The molecule has 382 valence electrons. The number of hydrogen-bond acceptors (Lipinski definition) is 13. The van der Waals surface area contributed by atoms with Gasteiger partial charge in [0.25, 0.3) is 0 Å². The second kappa shape index (κ2) is 28.1. The highest BCUT2D eigenvalue weighted by molar-refractivity contribution is 7.99. The van der Waals surface area contributed by atoms with Gasteiger partial charge < -0.3 is 64.1 Å². The molecule has 11 amide bonds. The molecule has 2 aliphatic rings. The number of rotatable bonds is 18. The first-order valence-electron chi connectivity index (χ1n) is 23.5. The van der Waals surface area contributed by atoms with E-state index in [1.165, 1.54) is 18.9 Å². The van der Waals surface area contributed by atoms with Crippen molar-refractivity contribution in [1.29, 1.82) is 0 Å². The lowest BCUT2D eigenvalue weighted by atomic mass is 9.96. The van der Waals surface area contributed by atoms with Crippen LogP contribution in [-0.2, 0) is 59.2 Å². The van der Waals surface area contributed by atoms with Crippen LogP contribution in [0.5, 0.6) is 5.75 Å². The van der Waals surface area contributed by atoms with Crippen molar-refractivity contribution in [2.45, 2.75) is 134 Å². The van der Waals surface area contributed by atoms with Crippen molar-refractivity contribution in [3.05, 3.63) is 29.8 Å². The van der Waals surface area contributed by atoms with E-state index < -0.39 is 139 Å². The molecule has 2 unspecified atom stereocenters. The average molecular weight is 989 g/mol. The summed E-state index contributed by atoms with van der Waals surface area (Å²) in [7, 11) is 1.48. The van der Waals surface area contributed by atoms with Gasteiger partial charge in [-0.2, -0.15) is 11.8 Å². The van der Waals surface area contributed by atoms with E-state index in [-0.39, 0.29) is 62.5 Å². The molecule has 0 aliphatic carbocycles. The smallest absolute Gasteiger partial charge is 0.246 e. The predicted molar refractivity (Wildman–Crippen MR) is 253 cm³/mol. The zero-order valence-corrected chi connectivity index (χ0v) is 40.6. The highest BCUT2D eigenvalue weighted by atomic mass is 32.2. The molecular formula is C45H69N11O12S. The maximum atomic E-state index is 14.5. The van der Waals surface area contributed by atoms with Gasteiger partial charge in [-0.15, -0.1) is 0 Å². The molecular weight excluding hydrogens is 919 g/mol. The number of nitrogens with zero attached hydrogens (tertiary/aromatic N) is 1. The van der Waals surface area contributed by atoms with Crippen LogP contribution in [0.25, 0.3) is 0 Å². The van der Waals surface area contributed by atoms with Crippen molar-refractivity contribution in [2.75, 3.05) is 31.7 Å². The maximum Gasteiger partial charge on any atom is 0.246 e. The first-order valence-corrected chi connectivity index (χ1v) is 24.1. The molecule has 13 N–H and O–H groups in total. The van der Waals surface area contributed by atoms with E-state index in [9.17, 15) is 54.1 Å². The first-order chi connectivity index (χ1) is 33.0. The number of benzene rings is 1. The van der Waals surface area contributed by atoms with Gasteiger partial charge in [0.05, 0.1) is 21.4 Å². The van der Waals surface area contributed by atoms with Crippen LogP contribution in [-0.4, -0.2) is 144 Å². The molecule has 0 radical (unpaired) electrons. The van der Waals surface area contributed by atoms with E-state index in [0.717, 1.165) is 11.8 Å². The summed E-state index contributed by atoms with van der Waals surface area (Å²) in [6.45, 7) is 6.42. The standard InChI is InChI=1S/C45H69N11O12S/c1-6-25(4)38-44(66)51-28(15-16-34(46)57)40(62)52-31(21-35(47)58)41(63)54-32(23-69-18-8-10-37(60)50-30(42(64)55-38)20-26-11-13-27(68-5)14-12-26)45(67)56-17-7-9-33(56)43(65)53-29(19-24(2)3)39(61)49-22-36(48)59/h11-14,24-25,28-33,38H,6-10,15-23H2,1-5H3,(H2,46,57)(H2,47,58)(H2,48,59)(H,49,61)(H,50,60)(H,51,66)(H,52,62)(H,53,65)(H,54,63)(H,55,64)/t25?,28-,29?,30-,31-,32-,33-,38+/m0/s1/i38D. The van der Waals surface area contributed by atoms with E-state index in [1.54, 1.807) is 31.2 Å². The average Bonchev–Trinajstić information content (AvgIpc) is 3.80. The van der Waals surface area contributed by atoms with Gasteiger partial charge in [-0.1, -0.05) is 46.2 Å². The van der Waals surface area contributed by atoms with Crippen LogP contribution in [0, 0.1) is 11.8 Å². The van der Waals surface area contributed by atoms with Gasteiger partial charge in [0.2, 0.25) is 65.0 Å². The Morgan fingerprint density at radius 1 is 0.841 bits per heavy atom. The number of carbonyl (C=O) groups is 11.